The highest BCUT2D eigenvalue weighted by Gasteiger charge is 2.29. The first kappa shape index (κ1) is 27.1. The Kier molecular flexibility index (Phi) is 8.00. The third-order valence-electron chi connectivity index (χ3n) is 5.74. The molecule has 0 unspecified atom stereocenters. The summed E-state index contributed by atoms with van der Waals surface area (Å²) in [5, 5.41) is 8.11. The summed E-state index contributed by atoms with van der Waals surface area (Å²) >= 11 is 6.18. The van der Waals surface area contributed by atoms with Crippen molar-refractivity contribution in [2.24, 2.45) is 10.2 Å². The van der Waals surface area contributed by atoms with Crippen molar-refractivity contribution in [2.75, 3.05) is 32.2 Å². The number of nitrogens with zero attached hydrogens (tertiary/aromatic N) is 3. The van der Waals surface area contributed by atoms with E-state index in [1.807, 2.05) is 0 Å². The zero-order valence-corrected chi connectivity index (χ0v) is 20.7. The molecular formula is C25H19ClF5N3O4. The van der Waals surface area contributed by atoms with Crippen LogP contribution in [0.25, 0.3) is 0 Å². The fourth-order valence-electron chi connectivity index (χ4n) is 3.80. The van der Waals surface area contributed by atoms with E-state index >= 15 is 0 Å². The summed E-state index contributed by atoms with van der Waals surface area (Å²) < 4.78 is 83.0. The molecule has 0 radical (unpaired) electrons. The quantitative estimate of drug-likeness (QED) is 0.0764. The van der Waals surface area contributed by atoms with E-state index in [4.69, 9.17) is 21.1 Å². The number of anilines is 1. The molecule has 3 aromatic rings. The van der Waals surface area contributed by atoms with Gasteiger partial charge >= 0.3 is 5.97 Å². The molecule has 1 fully saturated rings. The number of carbonyl (C=O) groups excluding carboxylic acids is 1. The molecule has 0 N–H and O–H groups in total. The molecule has 1 heterocycles. The Labute approximate surface area is 218 Å². The van der Waals surface area contributed by atoms with Crippen LogP contribution in [0.3, 0.4) is 0 Å². The van der Waals surface area contributed by atoms with Crippen LogP contribution in [-0.4, -0.2) is 33.3 Å². The summed E-state index contributed by atoms with van der Waals surface area (Å²) in [5.41, 5.74) is 0.949. The summed E-state index contributed by atoms with van der Waals surface area (Å²) in [4.78, 5) is 14.5. The van der Waals surface area contributed by atoms with Crippen LogP contribution in [-0.2, 0) is 0 Å². The highest BCUT2D eigenvalue weighted by Crippen LogP contribution is 2.42. The highest BCUT2D eigenvalue weighted by molar-refractivity contribution is 6.33. The molecule has 1 aliphatic heterocycles. The van der Waals surface area contributed by atoms with Crippen LogP contribution in [0.4, 0.5) is 39.0 Å². The average Bonchev–Trinajstić information content (AvgIpc) is 3.46. The van der Waals surface area contributed by atoms with Gasteiger partial charge in [-0.2, -0.15) is 8.78 Å². The molecule has 0 aliphatic carbocycles. The lowest BCUT2D eigenvalue weighted by molar-refractivity contribution is 0.0716. The second-order valence-electron chi connectivity index (χ2n) is 8.04. The number of carbonyl (C=O) groups is 1. The maximum Gasteiger partial charge on any atom is 0.343 e. The molecule has 4 rings (SSSR count). The van der Waals surface area contributed by atoms with E-state index < -0.39 is 40.8 Å². The average molecular weight is 556 g/mol. The molecule has 3 aromatic carbocycles. The van der Waals surface area contributed by atoms with E-state index in [1.165, 1.54) is 20.3 Å². The lowest BCUT2D eigenvalue weighted by Gasteiger charge is -2.21. The zero-order chi connectivity index (χ0) is 27.6. The first-order valence-electron chi connectivity index (χ1n) is 11.1. The Morgan fingerprint density at radius 1 is 0.816 bits per heavy atom. The van der Waals surface area contributed by atoms with Gasteiger partial charge in [-0.15, -0.1) is 10.2 Å². The van der Waals surface area contributed by atoms with E-state index in [0.29, 0.717) is 17.2 Å². The van der Waals surface area contributed by atoms with Crippen LogP contribution in [0.5, 0.6) is 17.2 Å². The molecule has 38 heavy (non-hydrogen) atoms. The van der Waals surface area contributed by atoms with E-state index in [-0.39, 0.29) is 16.3 Å². The number of halogens is 6. The van der Waals surface area contributed by atoms with E-state index in [0.717, 1.165) is 43.8 Å². The second-order valence-corrected chi connectivity index (χ2v) is 8.45. The SMILES string of the molecule is COc1cc(N2CCCC2)c(OC)cc1/N=N/c1ccc(C(=O)Oc2c(F)c(F)c(F)c(F)c2F)cc1Cl. The number of benzene rings is 3. The third-order valence-corrected chi connectivity index (χ3v) is 6.04. The number of ether oxygens (including phenoxy) is 3. The van der Waals surface area contributed by atoms with Gasteiger partial charge in [0.2, 0.25) is 34.8 Å². The van der Waals surface area contributed by atoms with Crippen molar-refractivity contribution in [1.82, 2.24) is 0 Å². The Hall–Kier alpha value is -3.93. The normalized spacial score (nSPS) is 13.3. The Balaban J connectivity index is 1.58. The van der Waals surface area contributed by atoms with Gasteiger partial charge in [-0.05, 0) is 31.0 Å². The van der Waals surface area contributed by atoms with Crippen molar-refractivity contribution < 1.29 is 41.0 Å². The molecule has 13 heteroatoms. The molecule has 200 valence electrons. The van der Waals surface area contributed by atoms with Crippen LogP contribution < -0.4 is 19.1 Å². The third kappa shape index (κ3) is 5.21. The lowest BCUT2D eigenvalue weighted by atomic mass is 10.2. The van der Waals surface area contributed by atoms with Gasteiger partial charge in [0.25, 0.3) is 0 Å². The van der Waals surface area contributed by atoms with Crippen LogP contribution in [0.15, 0.2) is 40.6 Å². The maximum atomic E-state index is 13.8. The van der Waals surface area contributed by atoms with E-state index in [2.05, 4.69) is 19.9 Å². The first-order valence-corrected chi connectivity index (χ1v) is 11.5. The Morgan fingerprint density at radius 2 is 1.39 bits per heavy atom. The molecule has 0 saturated carbocycles. The fraction of sp³-hybridized carbons (Fsp3) is 0.240. The Morgan fingerprint density at radius 3 is 1.97 bits per heavy atom. The minimum absolute atomic E-state index is 0.101. The summed E-state index contributed by atoms with van der Waals surface area (Å²) in [7, 11) is 3.01. The van der Waals surface area contributed by atoms with Crippen molar-refractivity contribution in [2.45, 2.75) is 12.8 Å². The second kappa shape index (κ2) is 11.2. The monoisotopic (exact) mass is 555 g/mol. The maximum absolute atomic E-state index is 13.8. The van der Waals surface area contributed by atoms with E-state index in [1.54, 1.807) is 12.1 Å². The minimum atomic E-state index is -2.38. The number of rotatable bonds is 7. The number of hydrogen-bond acceptors (Lipinski definition) is 7. The molecule has 0 amide bonds. The van der Waals surface area contributed by atoms with Gasteiger partial charge in [0.1, 0.15) is 22.9 Å². The summed E-state index contributed by atoms with van der Waals surface area (Å²) in [6.45, 7) is 1.77. The van der Waals surface area contributed by atoms with Gasteiger partial charge in [0, 0.05) is 25.2 Å². The molecule has 0 atom stereocenters. The summed E-state index contributed by atoms with van der Waals surface area (Å²) in [6, 6.07) is 6.86. The lowest BCUT2D eigenvalue weighted by Crippen LogP contribution is -2.18. The number of methoxy groups -OCH3 is 2. The minimum Gasteiger partial charge on any atom is -0.494 e. The van der Waals surface area contributed by atoms with Gasteiger partial charge in [0.05, 0.1) is 30.5 Å². The fourth-order valence-corrected chi connectivity index (χ4v) is 4.02. The van der Waals surface area contributed by atoms with Crippen LogP contribution in [0.2, 0.25) is 5.02 Å². The van der Waals surface area contributed by atoms with Gasteiger partial charge in [-0.3, -0.25) is 0 Å². The van der Waals surface area contributed by atoms with Crippen molar-refractivity contribution in [3.05, 3.63) is 70.0 Å². The molecule has 0 aromatic heterocycles. The van der Waals surface area contributed by atoms with Crippen molar-refractivity contribution >= 4 is 34.6 Å². The predicted octanol–water partition coefficient (Wildman–Crippen LogP) is 7.29. The van der Waals surface area contributed by atoms with Gasteiger partial charge in [0.15, 0.2) is 0 Å². The van der Waals surface area contributed by atoms with Crippen molar-refractivity contribution in [3.63, 3.8) is 0 Å². The van der Waals surface area contributed by atoms with Crippen molar-refractivity contribution in [1.29, 1.82) is 0 Å². The van der Waals surface area contributed by atoms with E-state index in [9.17, 15) is 26.7 Å². The smallest absolute Gasteiger partial charge is 0.343 e. The summed E-state index contributed by atoms with van der Waals surface area (Å²) in [6.07, 6.45) is 2.13. The topological polar surface area (TPSA) is 72.7 Å². The standard InChI is InChI=1S/C25H19ClF5N3O4/c1-36-17-11-16(34-7-3-4-8-34)18(37-2)10-15(17)33-32-14-6-5-12(9-13(14)26)25(35)38-24-22(30)20(28)19(27)21(29)23(24)31/h5-6,9-11H,3-4,7-8H2,1-2H3/b33-32+. The Bertz CT molecular complexity index is 1400. The van der Waals surface area contributed by atoms with Gasteiger partial charge in [-0.1, -0.05) is 11.6 Å². The van der Waals surface area contributed by atoms with Gasteiger partial charge in [-0.25, -0.2) is 18.0 Å². The van der Waals surface area contributed by atoms with Crippen LogP contribution >= 0.6 is 11.6 Å². The van der Waals surface area contributed by atoms with Crippen molar-refractivity contribution in [3.8, 4) is 17.2 Å². The number of azo groups is 1. The number of esters is 1. The van der Waals surface area contributed by atoms with Crippen LogP contribution in [0, 0.1) is 29.1 Å². The first-order chi connectivity index (χ1) is 18.2. The van der Waals surface area contributed by atoms with Crippen LogP contribution in [0.1, 0.15) is 23.2 Å². The summed E-state index contributed by atoms with van der Waals surface area (Å²) in [5.74, 6) is -13.6. The molecular weight excluding hydrogens is 537 g/mol. The van der Waals surface area contributed by atoms with Gasteiger partial charge < -0.3 is 19.1 Å². The molecule has 1 aliphatic rings. The molecule has 0 spiro atoms. The predicted molar refractivity (Wildman–Crippen MR) is 128 cm³/mol. The molecule has 0 bridgehead atoms. The highest BCUT2D eigenvalue weighted by atomic mass is 35.5. The largest absolute Gasteiger partial charge is 0.494 e. The molecule has 7 nitrogen and oxygen atoms in total. The zero-order valence-electron chi connectivity index (χ0n) is 20.0. The number of hydrogen-bond donors (Lipinski definition) is 0. The molecule has 1 saturated heterocycles.